The van der Waals surface area contributed by atoms with Crippen molar-refractivity contribution in [3.8, 4) is 0 Å². The summed E-state index contributed by atoms with van der Waals surface area (Å²) in [5.41, 5.74) is 5.51. The zero-order valence-electron chi connectivity index (χ0n) is 10.8. The summed E-state index contributed by atoms with van der Waals surface area (Å²) in [5.74, 6) is 0. The van der Waals surface area contributed by atoms with Crippen LogP contribution in [0, 0.1) is 0 Å². The molecule has 0 bridgehead atoms. The fourth-order valence-electron chi connectivity index (χ4n) is 2.34. The first-order valence-electron chi connectivity index (χ1n) is 6.69. The molecule has 0 saturated carbocycles. The van der Waals surface area contributed by atoms with Gasteiger partial charge in [0.2, 0.25) is 0 Å². The van der Waals surface area contributed by atoms with Crippen molar-refractivity contribution in [2.45, 2.75) is 25.1 Å². The number of hydroxylamine groups is 1. The maximum absolute atomic E-state index is 5.69. The van der Waals surface area contributed by atoms with E-state index in [4.69, 9.17) is 4.84 Å². The third-order valence-corrected chi connectivity index (χ3v) is 3.37. The van der Waals surface area contributed by atoms with Crippen molar-refractivity contribution in [2.75, 3.05) is 5.32 Å². The standard InChI is InChI=1S/C16H18N2O/c1-3-7-13(8-4-1)15-11-12-16(19-18-15)17-14-9-5-2-6-10-14/h1-10,15-18H,11-12H2. The molecule has 0 radical (unpaired) electrons. The van der Waals surface area contributed by atoms with Crippen LogP contribution >= 0.6 is 0 Å². The zero-order valence-corrected chi connectivity index (χ0v) is 10.8. The molecule has 3 rings (SSSR count). The van der Waals surface area contributed by atoms with E-state index < -0.39 is 0 Å². The van der Waals surface area contributed by atoms with Gasteiger partial charge in [0.05, 0.1) is 6.04 Å². The van der Waals surface area contributed by atoms with E-state index in [1.165, 1.54) is 5.56 Å². The minimum Gasteiger partial charge on any atom is -0.359 e. The molecule has 0 amide bonds. The smallest absolute Gasteiger partial charge is 0.148 e. The molecule has 2 aromatic carbocycles. The van der Waals surface area contributed by atoms with Crippen LogP contribution in [0.15, 0.2) is 60.7 Å². The van der Waals surface area contributed by atoms with Gasteiger partial charge >= 0.3 is 0 Å². The zero-order chi connectivity index (χ0) is 12.9. The Morgan fingerprint density at radius 2 is 1.58 bits per heavy atom. The van der Waals surface area contributed by atoms with Gasteiger partial charge in [-0.05, 0) is 30.5 Å². The van der Waals surface area contributed by atoms with Crippen LogP contribution in [0.5, 0.6) is 0 Å². The van der Waals surface area contributed by atoms with Gasteiger partial charge in [-0.1, -0.05) is 48.5 Å². The molecule has 1 aliphatic rings. The van der Waals surface area contributed by atoms with Crippen LogP contribution in [0.2, 0.25) is 0 Å². The van der Waals surface area contributed by atoms with Crippen molar-refractivity contribution in [3.63, 3.8) is 0 Å². The predicted molar refractivity (Wildman–Crippen MR) is 76.5 cm³/mol. The van der Waals surface area contributed by atoms with Crippen molar-refractivity contribution < 1.29 is 4.84 Å². The van der Waals surface area contributed by atoms with Crippen molar-refractivity contribution >= 4 is 5.69 Å². The first-order valence-corrected chi connectivity index (χ1v) is 6.69. The van der Waals surface area contributed by atoms with Gasteiger partial charge in [0.1, 0.15) is 6.23 Å². The molecule has 2 N–H and O–H groups in total. The highest BCUT2D eigenvalue weighted by atomic mass is 16.7. The minimum atomic E-state index is 0.0300. The lowest BCUT2D eigenvalue weighted by Gasteiger charge is -2.30. The Morgan fingerprint density at radius 1 is 0.895 bits per heavy atom. The Hall–Kier alpha value is -1.84. The van der Waals surface area contributed by atoms with Gasteiger partial charge < -0.3 is 5.32 Å². The average molecular weight is 254 g/mol. The molecule has 1 heterocycles. The normalized spacial score (nSPS) is 22.9. The molecule has 3 nitrogen and oxygen atoms in total. The highest BCUT2D eigenvalue weighted by Gasteiger charge is 2.22. The number of nitrogens with one attached hydrogen (secondary N) is 2. The van der Waals surface area contributed by atoms with Crippen LogP contribution < -0.4 is 10.8 Å². The molecule has 2 unspecified atom stereocenters. The SMILES string of the molecule is c1ccc(NC2CCC(c3ccccc3)NO2)cc1. The van der Waals surface area contributed by atoms with E-state index in [1.807, 2.05) is 36.4 Å². The number of anilines is 1. The molecule has 0 spiro atoms. The number of benzene rings is 2. The maximum atomic E-state index is 5.69. The molecule has 3 heteroatoms. The second-order valence-corrected chi connectivity index (χ2v) is 4.78. The fraction of sp³-hybridized carbons (Fsp3) is 0.250. The molecular formula is C16H18N2O. The second-order valence-electron chi connectivity index (χ2n) is 4.78. The van der Waals surface area contributed by atoms with Crippen LogP contribution in [-0.2, 0) is 4.84 Å². The lowest BCUT2D eigenvalue weighted by Crippen LogP contribution is -2.38. The van der Waals surface area contributed by atoms with Crippen molar-refractivity contribution in [2.24, 2.45) is 0 Å². The van der Waals surface area contributed by atoms with Gasteiger partial charge in [0.15, 0.2) is 0 Å². The van der Waals surface area contributed by atoms with Gasteiger partial charge in [-0.2, -0.15) is 5.48 Å². The molecule has 1 saturated heterocycles. The van der Waals surface area contributed by atoms with Crippen LogP contribution in [-0.4, -0.2) is 6.23 Å². The van der Waals surface area contributed by atoms with Crippen molar-refractivity contribution in [1.29, 1.82) is 0 Å². The first kappa shape index (κ1) is 12.2. The van der Waals surface area contributed by atoms with E-state index in [9.17, 15) is 0 Å². The van der Waals surface area contributed by atoms with E-state index in [2.05, 4.69) is 35.1 Å². The largest absolute Gasteiger partial charge is 0.359 e. The second kappa shape index (κ2) is 5.87. The van der Waals surface area contributed by atoms with Gasteiger partial charge in [-0.15, -0.1) is 0 Å². The topological polar surface area (TPSA) is 33.3 Å². The predicted octanol–water partition coefficient (Wildman–Crippen LogP) is 3.48. The lowest BCUT2D eigenvalue weighted by molar-refractivity contribution is -0.0675. The van der Waals surface area contributed by atoms with Crippen LogP contribution in [0.25, 0.3) is 0 Å². The third kappa shape index (κ3) is 3.13. The summed E-state index contributed by atoms with van der Waals surface area (Å²) in [6.07, 6.45) is 2.08. The maximum Gasteiger partial charge on any atom is 0.148 e. The third-order valence-electron chi connectivity index (χ3n) is 3.37. The summed E-state index contributed by atoms with van der Waals surface area (Å²) >= 11 is 0. The van der Waals surface area contributed by atoms with E-state index in [-0.39, 0.29) is 12.3 Å². The summed E-state index contributed by atoms with van der Waals surface area (Å²) in [7, 11) is 0. The van der Waals surface area contributed by atoms with Crippen molar-refractivity contribution in [3.05, 3.63) is 66.2 Å². The van der Waals surface area contributed by atoms with Gasteiger partial charge in [0.25, 0.3) is 0 Å². The molecule has 1 fully saturated rings. The molecule has 0 aromatic heterocycles. The van der Waals surface area contributed by atoms with Gasteiger partial charge in [0, 0.05) is 5.69 Å². The Kier molecular flexibility index (Phi) is 3.77. The van der Waals surface area contributed by atoms with Crippen molar-refractivity contribution in [1.82, 2.24) is 5.48 Å². The van der Waals surface area contributed by atoms with Crippen LogP contribution in [0.4, 0.5) is 5.69 Å². The number of para-hydroxylation sites is 1. The Morgan fingerprint density at radius 3 is 2.21 bits per heavy atom. The molecule has 19 heavy (non-hydrogen) atoms. The lowest BCUT2D eigenvalue weighted by atomic mass is 10.0. The van der Waals surface area contributed by atoms with Gasteiger partial charge in [-0.3, -0.25) is 4.84 Å². The van der Waals surface area contributed by atoms with E-state index in [0.717, 1.165) is 18.5 Å². The summed E-state index contributed by atoms with van der Waals surface area (Å²) < 4.78 is 0. The Labute approximate surface area is 113 Å². The Balaban J connectivity index is 1.55. The monoisotopic (exact) mass is 254 g/mol. The summed E-state index contributed by atoms with van der Waals surface area (Å²) in [5, 5.41) is 3.37. The first-order chi connectivity index (χ1) is 9.42. The molecule has 2 atom stereocenters. The molecule has 1 aliphatic heterocycles. The van der Waals surface area contributed by atoms with E-state index in [1.54, 1.807) is 0 Å². The van der Waals surface area contributed by atoms with Crippen LogP contribution in [0.1, 0.15) is 24.4 Å². The molecule has 2 aromatic rings. The van der Waals surface area contributed by atoms with E-state index in [0.29, 0.717) is 0 Å². The highest BCUT2D eigenvalue weighted by Crippen LogP contribution is 2.24. The quantitative estimate of drug-likeness (QED) is 0.879. The summed E-state index contributed by atoms with van der Waals surface area (Å²) in [6, 6.07) is 20.9. The summed E-state index contributed by atoms with van der Waals surface area (Å²) in [6.45, 7) is 0. The Bertz CT molecular complexity index is 493. The van der Waals surface area contributed by atoms with Crippen LogP contribution in [0.3, 0.4) is 0 Å². The van der Waals surface area contributed by atoms with E-state index >= 15 is 0 Å². The molecule has 98 valence electrons. The minimum absolute atomic E-state index is 0.0300. The fourth-order valence-corrected chi connectivity index (χ4v) is 2.34. The highest BCUT2D eigenvalue weighted by molar-refractivity contribution is 5.42. The molecule has 0 aliphatic carbocycles. The number of hydrogen-bond acceptors (Lipinski definition) is 3. The molecular weight excluding hydrogens is 236 g/mol. The van der Waals surface area contributed by atoms with Gasteiger partial charge in [-0.25, -0.2) is 0 Å². The number of rotatable bonds is 3. The summed E-state index contributed by atoms with van der Waals surface area (Å²) in [4.78, 5) is 5.69. The average Bonchev–Trinajstić information content (AvgIpc) is 2.50. The number of hydrogen-bond donors (Lipinski definition) is 2.